The van der Waals surface area contributed by atoms with Gasteiger partial charge in [-0.3, -0.25) is 0 Å². The van der Waals surface area contributed by atoms with Crippen LogP contribution < -0.4 is 10.6 Å². The largest absolute Gasteiger partial charge is 0.368 e. The van der Waals surface area contributed by atoms with Crippen molar-refractivity contribution in [3.8, 4) is 0 Å². The molecule has 2 aromatic rings. The number of hydrogen-bond acceptors (Lipinski definition) is 4. The molecule has 0 saturated carbocycles. The van der Waals surface area contributed by atoms with Crippen LogP contribution in [0.25, 0.3) is 0 Å². The number of benzene rings is 1. The van der Waals surface area contributed by atoms with Crippen molar-refractivity contribution in [1.29, 1.82) is 0 Å². The number of hydrogen-bond donors (Lipinski definition) is 1. The summed E-state index contributed by atoms with van der Waals surface area (Å²) >= 11 is 5.97. The van der Waals surface area contributed by atoms with Crippen LogP contribution in [0.3, 0.4) is 0 Å². The van der Waals surface area contributed by atoms with E-state index in [0.717, 1.165) is 18.7 Å². The Kier molecular flexibility index (Phi) is 4.27. The van der Waals surface area contributed by atoms with E-state index in [1.165, 1.54) is 0 Å². The number of rotatable bonds is 5. The number of aromatic nitrogens is 3. The van der Waals surface area contributed by atoms with Gasteiger partial charge in [0.2, 0.25) is 11.9 Å². The Bertz CT molecular complexity index is 548. The van der Waals surface area contributed by atoms with E-state index in [-0.39, 0.29) is 0 Å². The average Bonchev–Trinajstić information content (AvgIpc) is 2.72. The van der Waals surface area contributed by atoms with E-state index in [1.54, 1.807) is 4.68 Å². The Labute approximate surface area is 118 Å². The molecule has 0 aliphatic heterocycles. The van der Waals surface area contributed by atoms with E-state index < -0.39 is 0 Å². The first-order valence-electron chi connectivity index (χ1n) is 6.33. The zero-order valence-corrected chi connectivity index (χ0v) is 11.9. The van der Waals surface area contributed by atoms with Crippen molar-refractivity contribution in [3.63, 3.8) is 0 Å². The first-order valence-corrected chi connectivity index (χ1v) is 6.71. The second-order valence-electron chi connectivity index (χ2n) is 4.23. The lowest BCUT2D eigenvalue weighted by Gasteiger charge is -2.15. The first-order chi connectivity index (χ1) is 9.13. The van der Waals surface area contributed by atoms with Gasteiger partial charge in [0.05, 0.1) is 6.54 Å². The lowest BCUT2D eigenvalue weighted by Crippen LogP contribution is -2.23. The molecule has 0 fully saturated rings. The Balaban J connectivity index is 2.21. The SMILES string of the molecule is CCN(CC)c1nc(N)n(Cc2cccc(Cl)c2)n1. The van der Waals surface area contributed by atoms with Crippen LogP contribution in [-0.4, -0.2) is 27.9 Å². The van der Waals surface area contributed by atoms with Gasteiger partial charge in [0.1, 0.15) is 0 Å². The van der Waals surface area contributed by atoms with Crippen molar-refractivity contribution in [1.82, 2.24) is 14.8 Å². The van der Waals surface area contributed by atoms with Gasteiger partial charge in [0, 0.05) is 18.1 Å². The molecule has 5 nitrogen and oxygen atoms in total. The molecule has 0 bridgehead atoms. The van der Waals surface area contributed by atoms with Crippen molar-refractivity contribution in [2.24, 2.45) is 0 Å². The second kappa shape index (κ2) is 5.93. The second-order valence-corrected chi connectivity index (χ2v) is 4.67. The number of nitrogen functional groups attached to an aromatic ring is 1. The molecule has 0 aliphatic rings. The van der Waals surface area contributed by atoms with Gasteiger partial charge in [-0.1, -0.05) is 23.7 Å². The third-order valence-corrected chi connectivity index (χ3v) is 3.19. The van der Waals surface area contributed by atoms with Gasteiger partial charge < -0.3 is 10.6 Å². The third-order valence-electron chi connectivity index (χ3n) is 2.96. The Hall–Kier alpha value is -1.75. The highest BCUT2D eigenvalue weighted by Crippen LogP contribution is 2.15. The highest BCUT2D eigenvalue weighted by Gasteiger charge is 2.11. The van der Waals surface area contributed by atoms with Crippen LogP contribution in [0.1, 0.15) is 19.4 Å². The minimum atomic E-state index is 0.418. The molecule has 0 unspecified atom stereocenters. The smallest absolute Gasteiger partial charge is 0.246 e. The summed E-state index contributed by atoms with van der Waals surface area (Å²) in [5.41, 5.74) is 6.96. The Morgan fingerprint density at radius 2 is 2.05 bits per heavy atom. The molecule has 1 heterocycles. The highest BCUT2D eigenvalue weighted by atomic mass is 35.5. The number of nitrogens with two attached hydrogens (primary N) is 1. The van der Waals surface area contributed by atoms with E-state index in [2.05, 4.69) is 28.8 Å². The summed E-state index contributed by atoms with van der Waals surface area (Å²) in [7, 11) is 0. The molecule has 1 aromatic heterocycles. The van der Waals surface area contributed by atoms with E-state index in [4.69, 9.17) is 17.3 Å². The maximum Gasteiger partial charge on any atom is 0.246 e. The fraction of sp³-hybridized carbons (Fsp3) is 0.385. The zero-order chi connectivity index (χ0) is 13.8. The van der Waals surface area contributed by atoms with Crippen LogP contribution >= 0.6 is 11.6 Å². The summed E-state index contributed by atoms with van der Waals surface area (Å²) in [5, 5.41) is 5.15. The first kappa shape index (κ1) is 13.7. The summed E-state index contributed by atoms with van der Waals surface area (Å²) in [6, 6.07) is 7.65. The third kappa shape index (κ3) is 3.17. The molecule has 0 saturated heterocycles. The molecule has 0 atom stereocenters. The topological polar surface area (TPSA) is 60.0 Å². The van der Waals surface area contributed by atoms with Crippen LogP contribution in [0.15, 0.2) is 24.3 Å². The lowest BCUT2D eigenvalue weighted by molar-refractivity contribution is 0.686. The summed E-state index contributed by atoms with van der Waals surface area (Å²) < 4.78 is 1.69. The molecule has 2 N–H and O–H groups in total. The molecule has 0 amide bonds. The standard InChI is InChI=1S/C13H18ClN5/c1-3-18(4-2)13-16-12(15)19(17-13)9-10-6-5-7-11(14)8-10/h5-8H,3-4,9H2,1-2H3,(H2,15,16,17). The molecular formula is C13H18ClN5. The number of nitrogens with zero attached hydrogens (tertiary/aromatic N) is 4. The summed E-state index contributed by atoms with van der Waals surface area (Å²) in [6.07, 6.45) is 0. The van der Waals surface area contributed by atoms with E-state index in [9.17, 15) is 0 Å². The Morgan fingerprint density at radius 1 is 1.32 bits per heavy atom. The van der Waals surface area contributed by atoms with Crippen LogP contribution in [0.5, 0.6) is 0 Å². The average molecular weight is 280 g/mol. The maximum atomic E-state index is 5.97. The van der Waals surface area contributed by atoms with Crippen LogP contribution in [0.4, 0.5) is 11.9 Å². The number of halogens is 1. The number of anilines is 2. The molecule has 102 valence electrons. The summed E-state index contributed by atoms with van der Waals surface area (Å²) in [4.78, 5) is 6.35. The molecule has 19 heavy (non-hydrogen) atoms. The Morgan fingerprint density at radius 3 is 2.68 bits per heavy atom. The van der Waals surface area contributed by atoms with E-state index in [1.807, 2.05) is 24.3 Å². The molecular weight excluding hydrogens is 262 g/mol. The fourth-order valence-corrected chi connectivity index (χ4v) is 2.12. The van der Waals surface area contributed by atoms with E-state index >= 15 is 0 Å². The van der Waals surface area contributed by atoms with Gasteiger partial charge in [-0.15, -0.1) is 5.10 Å². The normalized spacial score (nSPS) is 10.7. The predicted molar refractivity (Wildman–Crippen MR) is 78.5 cm³/mol. The monoisotopic (exact) mass is 279 g/mol. The van der Waals surface area contributed by atoms with Gasteiger partial charge in [0.25, 0.3) is 0 Å². The summed E-state index contributed by atoms with van der Waals surface area (Å²) in [5.74, 6) is 1.09. The van der Waals surface area contributed by atoms with Crippen LogP contribution in [0.2, 0.25) is 5.02 Å². The maximum absolute atomic E-state index is 5.97. The molecule has 0 spiro atoms. The van der Waals surface area contributed by atoms with Gasteiger partial charge in [0.15, 0.2) is 0 Å². The van der Waals surface area contributed by atoms with Gasteiger partial charge in [-0.2, -0.15) is 4.98 Å². The fourth-order valence-electron chi connectivity index (χ4n) is 1.91. The predicted octanol–water partition coefficient (Wildman–Crippen LogP) is 2.41. The molecule has 1 aromatic carbocycles. The van der Waals surface area contributed by atoms with Crippen molar-refractivity contribution in [2.75, 3.05) is 23.7 Å². The molecule has 0 aliphatic carbocycles. The summed E-state index contributed by atoms with van der Waals surface area (Å²) in [6.45, 7) is 6.42. The van der Waals surface area contributed by atoms with Crippen molar-refractivity contribution in [3.05, 3.63) is 34.9 Å². The van der Waals surface area contributed by atoms with Gasteiger partial charge in [-0.25, -0.2) is 4.68 Å². The lowest BCUT2D eigenvalue weighted by atomic mass is 10.2. The minimum Gasteiger partial charge on any atom is -0.368 e. The molecule has 0 radical (unpaired) electrons. The van der Waals surface area contributed by atoms with Crippen molar-refractivity contribution in [2.45, 2.75) is 20.4 Å². The molecule has 6 heteroatoms. The van der Waals surface area contributed by atoms with E-state index in [0.29, 0.717) is 23.5 Å². The molecule has 2 rings (SSSR count). The van der Waals surface area contributed by atoms with Gasteiger partial charge in [-0.05, 0) is 31.5 Å². The van der Waals surface area contributed by atoms with Gasteiger partial charge >= 0.3 is 0 Å². The van der Waals surface area contributed by atoms with Crippen molar-refractivity contribution < 1.29 is 0 Å². The van der Waals surface area contributed by atoms with Crippen LogP contribution in [0, 0.1) is 0 Å². The quantitative estimate of drug-likeness (QED) is 0.913. The zero-order valence-electron chi connectivity index (χ0n) is 11.2. The van der Waals surface area contributed by atoms with Crippen LogP contribution in [-0.2, 0) is 6.54 Å². The minimum absolute atomic E-state index is 0.418. The highest BCUT2D eigenvalue weighted by molar-refractivity contribution is 6.30. The van der Waals surface area contributed by atoms with Crippen molar-refractivity contribution >= 4 is 23.5 Å².